The van der Waals surface area contributed by atoms with Crippen LogP contribution in [0.15, 0.2) is 53.9 Å². The molecule has 5 nitrogen and oxygen atoms in total. The van der Waals surface area contributed by atoms with Crippen LogP contribution in [0.5, 0.6) is 0 Å². The van der Waals surface area contributed by atoms with Crippen LogP contribution in [0.2, 0.25) is 0 Å². The molecule has 0 radical (unpaired) electrons. The molecule has 29 heavy (non-hydrogen) atoms. The van der Waals surface area contributed by atoms with E-state index in [1.807, 2.05) is 36.4 Å². The number of hydrogen-bond donors (Lipinski definition) is 2. The van der Waals surface area contributed by atoms with Gasteiger partial charge in [0, 0.05) is 35.7 Å². The number of Topliss-reactive ketones (excluding diaryl/α,β-unsaturated/α-hetero) is 1. The van der Waals surface area contributed by atoms with Crippen molar-refractivity contribution in [2.24, 2.45) is 5.41 Å². The maximum Gasteiger partial charge on any atom is 0.265 e. The fraction of sp³-hybridized carbons (Fsp3) is 0.261. The molecule has 3 aromatic rings. The summed E-state index contributed by atoms with van der Waals surface area (Å²) in [6.07, 6.45) is 3.76. The van der Waals surface area contributed by atoms with Crippen molar-refractivity contribution >= 4 is 44.6 Å². The average molecular weight is 404 g/mol. The van der Waals surface area contributed by atoms with Crippen LogP contribution in [0, 0.1) is 5.41 Å². The predicted molar refractivity (Wildman–Crippen MR) is 116 cm³/mol. The molecule has 2 aliphatic rings. The number of pyridine rings is 1. The quantitative estimate of drug-likeness (QED) is 0.620. The number of rotatable bonds is 2. The molecule has 146 valence electrons. The molecule has 0 fully saturated rings. The van der Waals surface area contributed by atoms with E-state index in [0.29, 0.717) is 23.4 Å². The molecule has 1 aliphatic carbocycles. The Bertz CT molecular complexity index is 1200. The number of nitrogens with one attached hydrogen (secondary N) is 2. The Morgan fingerprint density at radius 1 is 1.21 bits per heavy atom. The monoisotopic (exact) mass is 403 g/mol. The Labute approximate surface area is 172 Å². The summed E-state index contributed by atoms with van der Waals surface area (Å²) in [7, 11) is 0. The summed E-state index contributed by atoms with van der Waals surface area (Å²) in [5.41, 5.74) is 4.35. The fourth-order valence-corrected chi connectivity index (χ4v) is 5.18. The summed E-state index contributed by atoms with van der Waals surface area (Å²) in [6.45, 7) is 4.24. The first kappa shape index (κ1) is 18.1. The number of allylic oxidation sites excluding steroid dienone is 2. The normalized spacial score (nSPS) is 17.5. The molecular weight excluding hydrogens is 382 g/mol. The van der Waals surface area contributed by atoms with Crippen LogP contribution in [0.1, 0.15) is 41.9 Å². The standard InChI is InChI=1S/C23H21N3O2S/c1-23(2)11-17-15(18(27)12-23)9-14-10-19(29-22(14)26-17)21(28)25-16-7-3-5-13-6-4-8-24-20(13)16/h3-8,10,26H,9,11-12H2,1-2H3,(H,25,28). The maximum atomic E-state index is 12.9. The first-order valence-corrected chi connectivity index (χ1v) is 10.5. The highest BCUT2D eigenvalue weighted by Crippen LogP contribution is 2.44. The highest BCUT2D eigenvalue weighted by atomic mass is 32.1. The van der Waals surface area contributed by atoms with Gasteiger partial charge in [-0.25, -0.2) is 0 Å². The van der Waals surface area contributed by atoms with E-state index in [1.54, 1.807) is 6.20 Å². The highest BCUT2D eigenvalue weighted by molar-refractivity contribution is 7.18. The van der Waals surface area contributed by atoms with Crippen molar-refractivity contribution < 1.29 is 9.59 Å². The number of fused-ring (bicyclic) bond motifs is 2. The van der Waals surface area contributed by atoms with Gasteiger partial charge in [0.05, 0.1) is 21.1 Å². The number of anilines is 2. The van der Waals surface area contributed by atoms with Crippen LogP contribution in [-0.4, -0.2) is 16.7 Å². The first-order valence-electron chi connectivity index (χ1n) is 9.70. The van der Waals surface area contributed by atoms with Crippen molar-refractivity contribution in [1.82, 2.24) is 4.98 Å². The molecule has 5 rings (SSSR count). The number of carbonyl (C=O) groups is 2. The molecule has 2 N–H and O–H groups in total. The van der Waals surface area contributed by atoms with E-state index >= 15 is 0 Å². The van der Waals surface area contributed by atoms with Gasteiger partial charge in [-0.3, -0.25) is 14.6 Å². The number of ketones is 1. The number of benzene rings is 1. The number of amides is 1. The van der Waals surface area contributed by atoms with Crippen molar-refractivity contribution in [2.75, 3.05) is 10.6 Å². The topological polar surface area (TPSA) is 71.1 Å². The number of nitrogens with zero attached hydrogens (tertiary/aromatic N) is 1. The van der Waals surface area contributed by atoms with Gasteiger partial charge in [0.1, 0.15) is 0 Å². The summed E-state index contributed by atoms with van der Waals surface area (Å²) >= 11 is 1.44. The Morgan fingerprint density at radius 2 is 2.03 bits per heavy atom. The van der Waals surface area contributed by atoms with Gasteiger partial charge in [-0.1, -0.05) is 32.0 Å². The highest BCUT2D eigenvalue weighted by Gasteiger charge is 2.36. The molecule has 0 bridgehead atoms. The van der Waals surface area contributed by atoms with E-state index < -0.39 is 0 Å². The molecule has 2 aromatic heterocycles. The predicted octanol–water partition coefficient (Wildman–Crippen LogP) is 5.16. The van der Waals surface area contributed by atoms with Crippen LogP contribution in [0.3, 0.4) is 0 Å². The van der Waals surface area contributed by atoms with Crippen molar-refractivity contribution in [1.29, 1.82) is 0 Å². The van der Waals surface area contributed by atoms with E-state index in [4.69, 9.17) is 0 Å². The van der Waals surface area contributed by atoms with Gasteiger partial charge < -0.3 is 10.6 Å². The van der Waals surface area contributed by atoms with Gasteiger partial charge in [-0.2, -0.15) is 0 Å². The van der Waals surface area contributed by atoms with Gasteiger partial charge in [0.15, 0.2) is 5.78 Å². The zero-order valence-electron chi connectivity index (χ0n) is 16.3. The molecule has 3 heterocycles. The van der Waals surface area contributed by atoms with Gasteiger partial charge in [-0.15, -0.1) is 11.3 Å². The maximum absolute atomic E-state index is 12.9. The molecule has 1 aliphatic heterocycles. The van der Waals surface area contributed by atoms with Gasteiger partial charge in [-0.05, 0) is 35.6 Å². The van der Waals surface area contributed by atoms with E-state index in [1.165, 1.54) is 11.3 Å². The van der Waals surface area contributed by atoms with Crippen LogP contribution in [0.4, 0.5) is 10.7 Å². The lowest BCUT2D eigenvalue weighted by Crippen LogP contribution is -2.30. The number of aromatic nitrogens is 1. The number of hydrogen-bond acceptors (Lipinski definition) is 5. The molecule has 1 aromatic carbocycles. The third kappa shape index (κ3) is 3.23. The zero-order chi connectivity index (χ0) is 20.2. The molecule has 0 saturated heterocycles. The van der Waals surface area contributed by atoms with Crippen LogP contribution in [-0.2, 0) is 11.2 Å². The number of carbonyl (C=O) groups excluding carboxylic acids is 2. The Balaban J connectivity index is 1.41. The minimum absolute atomic E-state index is 0.0285. The SMILES string of the molecule is CC1(C)CC(=O)C2=C(C1)Nc1sc(C(=O)Nc3cccc4cccnc34)cc1C2. The van der Waals surface area contributed by atoms with E-state index in [0.717, 1.165) is 39.2 Å². The summed E-state index contributed by atoms with van der Waals surface area (Å²) in [6, 6.07) is 11.5. The second kappa shape index (κ2) is 6.52. The Hall–Kier alpha value is -2.99. The van der Waals surface area contributed by atoms with Gasteiger partial charge >= 0.3 is 0 Å². The molecule has 6 heteroatoms. The number of thiophene rings is 1. The molecular formula is C23H21N3O2S. The van der Waals surface area contributed by atoms with Crippen LogP contribution < -0.4 is 10.6 Å². The van der Waals surface area contributed by atoms with Crippen molar-refractivity contribution in [3.05, 3.63) is 64.3 Å². The third-order valence-electron chi connectivity index (χ3n) is 5.54. The second-order valence-corrected chi connectivity index (χ2v) is 9.55. The minimum atomic E-state index is -0.158. The second-order valence-electron chi connectivity index (χ2n) is 8.50. The lowest BCUT2D eigenvalue weighted by atomic mass is 9.74. The first-order chi connectivity index (χ1) is 13.9. The van der Waals surface area contributed by atoms with Crippen molar-refractivity contribution in [3.63, 3.8) is 0 Å². The lowest BCUT2D eigenvalue weighted by molar-refractivity contribution is -0.118. The summed E-state index contributed by atoms with van der Waals surface area (Å²) < 4.78 is 0. The van der Waals surface area contributed by atoms with Crippen molar-refractivity contribution in [2.45, 2.75) is 33.1 Å². The summed E-state index contributed by atoms with van der Waals surface area (Å²) in [5.74, 6) is 0.0578. The number of para-hydroxylation sites is 1. The smallest absolute Gasteiger partial charge is 0.265 e. The van der Waals surface area contributed by atoms with Crippen molar-refractivity contribution in [3.8, 4) is 0 Å². The molecule has 1 amide bonds. The third-order valence-corrected chi connectivity index (χ3v) is 6.63. The van der Waals surface area contributed by atoms with E-state index in [-0.39, 0.29) is 17.1 Å². The Kier molecular flexibility index (Phi) is 4.06. The minimum Gasteiger partial charge on any atom is -0.350 e. The summed E-state index contributed by atoms with van der Waals surface area (Å²) in [4.78, 5) is 30.5. The summed E-state index contributed by atoms with van der Waals surface area (Å²) in [5, 5.41) is 8.38. The lowest BCUT2D eigenvalue weighted by Gasteiger charge is -2.34. The zero-order valence-corrected chi connectivity index (χ0v) is 17.2. The van der Waals surface area contributed by atoms with E-state index in [9.17, 15) is 9.59 Å². The van der Waals surface area contributed by atoms with Gasteiger partial charge in [0.2, 0.25) is 0 Å². The largest absolute Gasteiger partial charge is 0.350 e. The molecule has 0 unspecified atom stereocenters. The van der Waals surface area contributed by atoms with Crippen LogP contribution in [0.25, 0.3) is 10.9 Å². The Morgan fingerprint density at radius 3 is 2.90 bits per heavy atom. The molecule has 0 atom stereocenters. The van der Waals surface area contributed by atoms with Crippen LogP contribution >= 0.6 is 11.3 Å². The van der Waals surface area contributed by atoms with E-state index in [2.05, 4.69) is 29.5 Å². The van der Waals surface area contributed by atoms with Gasteiger partial charge in [0.25, 0.3) is 5.91 Å². The average Bonchev–Trinajstić information content (AvgIpc) is 3.09. The molecule has 0 saturated carbocycles. The fourth-order valence-electron chi connectivity index (χ4n) is 4.18. The molecule has 0 spiro atoms.